The van der Waals surface area contributed by atoms with Gasteiger partial charge < -0.3 is 10.4 Å². The zero-order valence-electron chi connectivity index (χ0n) is 13.0. The highest BCUT2D eigenvalue weighted by Gasteiger charge is 2.22. The van der Waals surface area contributed by atoms with Gasteiger partial charge in [-0.2, -0.15) is 5.10 Å². The highest BCUT2D eigenvalue weighted by molar-refractivity contribution is 6.08. The molecule has 0 fully saturated rings. The van der Waals surface area contributed by atoms with Crippen LogP contribution in [0.1, 0.15) is 29.3 Å². The molecule has 2 heterocycles. The Morgan fingerprint density at radius 2 is 2.04 bits per heavy atom. The summed E-state index contributed by atoms with van der Waals surface area (Å²) in [5, 5.41) is 16.9. The van der Waals surface area contributed by atoms with Crippen molar-refractivity contribution in [3.63, 3.8) is 0 Å². The monoisotopic (exact) mass is 324 g/mol. The number of carbonyl (C=O) groups excluding carboxylic acids is 2. The number of benzene rings is 1. The van der Waals surface area contributed by atoms with Crippen molar-refractivity contribution in [2.75, 3.05) is 5.32 Å². The zero-order valence-corrected chi connectivity index (χ0v) is 13.0. The first-order valence-electron chi connectivity index (χ1n) is 7.46. The summed E-state index contributed by atoms with van der Waals surface area (Å²) in [7, 11) is 0. The highest BCUT2D eigenvalue weighted by atomic mass is 16.3. The quantitative estimate of drug-likeness (QED) is 0.750. The van der Waals surface area contributed by atoms with Crippen LogP contribution in [-0.4, -0.2) is 27.6 Å². The minimum absolute atomic E-state index is 0.0459. The average molecular weight is 324 g/mol. The predicted molar refractivity (Wildman–Crippen MR) is 88.8 cm³/mol. The molecule has 3 N–H and O–H groups in total. The molecule has 7 nitrogen and oxygen atoms in total. The number of aromatic hydroxyl groups is 1. The fraction of sp³-hybridized carbons (Fsp3) is 0.176. The molecule has 0 aliphatic carbocycles. The topological polar surface area (TPSA) is 104 Å². The molecule has 1 atom stereocenters. The minimum Gasteiger partial charge on any atom is -0.506 e. The largest absolute Gasteiger partial charge is 0.506 e. The van der Waals surface area contributed by atoms with Gasteiger partial charge in [0.1, 0.15) is 5.75 Å². The van der Waals surface area contributed by atoms with E-state index in [4.69, 9.17) is 0 Å². The van der Waals surface area contributed by atoms with Crippen LogP contribution in [0.2, 0.25) is 0 Å². The minimum atomic E-state index is -0.337. The van der Waals surface area contributed by atoms with Crippen LogP contribution in [0.25, 0.3) is 0 Å². The number of anilines is 1. The Bertz CT molecular complexity index is 818. The third kappa shape index (κ3) is 3.24. The lowest BCUT2D eigenvalue weighted by Crippen LogP contribution is -2.31. The molecule has 122 valence electrons. The molecule has 0 spiro atoms. The van der Waals surface area contributed by atoms with E-state index in [0.717, 1.165) is 0 Å². The zero-order chi connectivity index (χ0) is 17.1. The van der Waals surface area contributed by atoms with E-state index in [1.54, 1.807) is 24.3 Å². The van der Waals surface area contributed by atoms with Crippen molar-refractivity contribution in [1.29, 1.82) is 0 Å². The first-order chi connectivity index (χ1) is 11.5. The van der Waals surface area contributed by atoms with Crippen molar-refractivity contribution in [3.05, 3.63) is 53.9 Å². The van der Waals surface area contributed by atoms with E-state index >= 15 is 0 Å². The number of hydrogen-bond donors (Lipinski definition) is 3. The summed E-state index contributed by atoms with van der Waals surface area (Å²) in [6.07, 6.45) is 3.39. The first kappa shape index (κ1) is 15.7. The second-order valence-electron chi connectivity index (χ2n) is 5.56. The molecule has 1 aromatic carbocycles. The normalized spacial score (nSPS) is 17.0. The summed E-state index contributed by atoms with van der Waals surface area (Å²) in [5.41, 5.74) is 4.57. The summed E-state index contributed by atoms with van der Waals surface area (Å²) >= 11 is 0. The van der Waals surface area contributed by atoms with Crippen LogP contribution in [0.3, 0.4) is 0 Å². The Hall–Kier alpha value is -3.22. The molecule has 24 heavy (non-hydrogen) atoms. The van der Waals surface area contributed by atoms with Gasteiger partial charge in [0.25, 0.3) is 5.91 Å². The average Bonchev–Trinajstić information content (AvgIpc) is 2.57. The van der Waals surface area contributed by atoms with E-state index in [2.05, 4.69) is 20.8 Å². The Morgan fingerprint density at radius 1 is 1.29 bits per heavy atom. The molecule has 2 aromatic rings. The molecule has 0 saturated carbocycles. The molecule has 1 aromatic heterocycles. The molecule has 0 bridgehead atoms. The molecular formula is C17H16N4O3. The number of hydrazone groups is 1. The number of nitrogens with one attached hydrogen (secondary N) is 2. The van der Waals surface area contributed by atoms with Gasteiger partial charge in [-0.3, -0.25) is 14.6 Å². The van der Waals surface area contributed by atoms with Gasteiger partial charge >= 0.3 is 0 Å². The third-order valence-corrected chi connectivity index (χ3v) is 3.74. The summed E-state index contributed by atoms with van der Waals surface area (Å²) in [5.74, 6) is -0.579. The molecule has 1 aliphatic rings. The van der Waals surface area contributed by atoms with Crippen LogP contribution in [0.5, 0.6) is 5.75 Å². The van der Waals surface area contributed by atoms with Crippen molar-refractivity contribution >= 4 is 23.2 Å². The number of amides is 2. The van der Waals surface area contributed by atoms with Crippen LogP contribution >= 0.6 is 0 Å². The van der Waals surface area contributed by atoms with Gasteiger partial charge in [-0.15, -0.1) is 0 Å². The molecule has 0 saturated heterocycles. The molecule has 2 amide bonds. The van der Waals surface area contributed by atoms with E-state index in [-0.39, 0.29) is 23.5 Å². The van der Waals surface area contributed by atoms with E-state index < -0.39 is 0 Å². The number of phenolic OH excluding ortho intramolecular Hbond substituents is 1. The van der Waals surface area contributed by atoms with Gasteiger partial charge in [0.05, 0.1) is 11.4 Å². The van der Waals surface area contributed by atoms with Gasteiger partial charge in [0.2, 0.25) is 5.91 Å². The van der Waals surface area contributed by atoms with Crippen molar-refractivity contribution in [1.82, 2.24) is 10.4 Å². The number of phenols is 1. The molecule has 1 aliphatic heterocycles. The van der Waals surface area contributed by atoms with Crippen LogP contribution in [0, 0.1) is 5.92 Å². The molecule has 0 radical (unpaired) electrons. The second-order valence-corrected chi connectivity index (χ2v) is 5.56. The van der Waals surface area contributed by atoms with Crippen molar-refractivity contribution in [2.45, 2.75) is 13.3 Å². The van der Waals surface area contributed by atoms with Crippen molar-refractivity contribution < 1.29 is 14.7 Å². The van der Waals surface area contributed by atoms with E-state index in [9.17, 15) is 14.7 Å². The van der Waals surface area contributed by atoms with Crippen molar-refractivity contribution in [3.8, 4) is 5.75 Å². The lowest BCUT2D eigenvalue weighted by atomic mass is 9.94. The summed E-state index contributed by atoms with van der Waals surface area (Å²) in [6.45, 7) is 1.90. The van der Waals surface area contributed by atoms with E-state index in [1.165, 1.54) is 18.5 Å². The molecular weight excluding hydrogens is 308 g/mol. The third-order valence-electron chi connectivity index (χ3n) is 3.74. The molecule has 7 heteroatoms. The van der Waals surface area contributed by atoms with Gasteiger partial charge in [0, 0.05) is 35.9 Å². The number of hydrogen-bond acceptors (Lipinski definition) is 5. The van der Waals surface area contributed by atoms with E-state index in [1.807, 2.05) is 6.92 Å². The maximum Gasteiger partial charge on any atom is 0.255 e. The SMILES string of the molecule is CC1CC(=O)NN=C1c1ccc(NC(=O)c2ccncc2)c(O)c1. The number of nitrogens with zero attached hydrogens (tertiary/aromatic N) is 2. The summed E-state index contributed by atoms with van der Waals surface area (Å²) < 4.78 is 0. The lowest BCUT2D eigenvalue weighted by molar-refractivity contribution is -0.121. The molecule has 3 rings (SSSR count). The van der Waals surface area contributed by atoms with Gasteiger partial charge in [-0.25, -0.2) is 5.43 Å². The second kappa shape index (κ2) is 6.49. The number of pyridine rings is 1. The van der Waals surface area contributed by atoms with Gasteiger partial charge in [-0.05, 0) is 24.3 Å². The van der Waals surface area contributed by atoms with Crippen molar-refractivity contribution in [2.24, 2.45) is 11.0 Å². The number of rotatable bonds is 3. The Labute approximate surface area is 138 Å². The standard InChI is InChI=1S/C17H16N4O3/c1-10-8-15(23)20-21-16(10)12-2-3-13(14(22)9-12)19-17(24)11-4-6-18-7-5-11/h2-7,9-10,22H,8H2,1H3,(H,19,24)(H,20,23). The van der Waals surface area contributed by atoms with Crippen LogP contribution in [0.4, 0.5) is 5.69 Å². The maximum absolute atomic E-state index is 12.1. The van der Waals surface area contributed by atoms with Crippen LogP contribution in [0.15, 0.2) is 47.8 Å². The maximum atomic E-state index is 12.1. The van der Waals surface area contributed by atoms with Crippen LogP contribution in [-0.2, 0) is 4.79 Å². The fourth-order valence-electron chi connectivity index (χ4n) is 2.50. The lowest BCUT2D eigenvalue weighted by Gasteiger charge is -2.19. The Kier molecular flexibility index (Phi) is 4.24. The smallest absolute Gasteiger partial charge is 0.255 e. The Balaban J connectivity index is 1.80. The van der Waals surface area contributed by atoms with Gasteiger partial charge in [-0.1, -0.05) is 13.0 Å². The Morgan fingerprint density at radius 3 is 2.71 bits per heavy atom. The fourth-order valence-corrected chi connectivity index (χ4v) is 2.50. The number of carbonyl (C=O) groups is 2. The summed E-state index contributed by atoms with van der Waals surface area (Å²) in [6, 6.07) is 8.04. The first-order valence-corrected chi connectivity index (χ1v) is 7.46. The molecule has 1 unspecified atom stereocenters. The number of aromatic nitrogens is 1. The van der Waals surface area contributed by atoms with E-state index in [0.29, 0.717) is 28.9 Å². The van der Waals surface area contributed by atoms with Crippen LogP contribution < -0.4 is 10.7 Å². The van der Waals surface area contributed by atoms with Gasteiger partial charge in [0.15, 0.2) is 0 Å². The predicted octanol–water partition coefficient (Wildman–Crippen LogP) is 1.90. The highest BCUT2D eigenvalue weighted by Crippen LogP contribution is 2.27. The summed E-state index contributed by atoms with van der Waals surface area (Å²) in [4.78, 5) is 27.3.